The molecule has 0 saturated carbocycles. The van der Waals surface area contributed by atoms with Gasteiger partial charge in [0.25, 0.3) is 5.82 Å². The SMILES string of the molecule is CCN(CC)c1nc(C(F)(F)F)nn1-c1c(Cl)cc(Cl)cc1Cl. The third-order valence-electron chi connectivity index (χ3n) is 3.08. The lowest BCUT2D eigenvalue weighted by Crippen LogP contribution is -2.25. The van der Waals surface area contributed by atoms with Gasteiger partial charge >= 0.3 is 6.18 Å². The summed E-state index contributed by atoms with van der Waals surface area (Å²) in [4.78, 5) is 5.22. The van der Waals surface area contributed by atoms with Crippen LogP contribution < -0.4 is 4.90 Å². The molecule has 0 saturated heterocycles. The maximum atomic E-state index is 13.0. The van der Waals surface area contributed by atoms with Crippen molar-refractivity contribution in [2.75, 3.05) is 18.0 Å². The first-order valence-corrected chi connectivity index (χ1v) is 7.76. The van der Waals surface area contributed by atoms with Gasteiger partial charge in [-0.15, -0.1) is 5.10 Å². The van der Waals surface area contributed by atoms with Gasteiger partial charge in [-0.2, -0.15) is 22.8 Å². The molecule has 2 aromatic rings. The third kappa shape index (κ3) is 3.67. The highest BCUT2D eigenvalue weighted by Gasteiger charge is 2.38. The second-order valence-electron chi connectivity index (χ2n) is 4.54. The summed E-state index contributed by atoms with van der Waals surface area (Å²) in [5.41, 5.74) is 0.0997. The molecule has 0 spiro atoms. The largest absolute Gasteiger partial charge is 0.453 e. The predicted octanol–water partition coefficient (Wildman–Crippen LogP) is 5.09. The topological polar surface area (TPSA) is 34.0 Å². The number of halogens is 6. The van der Waals surface area contributed by atoms with Crippen molar-refractivity contribution in [3.63, 3.8) is 0 Å². The molecule has 4 nitrogen and oxygen atoms in total. The van der Waals surface area contributed by atoms with E-state index in [2.05, 4.69) is 10.1 Å². The minimum atomic E-state index is -4.68. The van der Waals surface area contributed by atoms with Gasteiger partial charge in [-0.1, -0.05) is 34.8 Å². The number of benzene rings is 1. The Labute approximate surface area is 145 Å². The second kappa shape index (κ2) is 6.75. The number of rotatable bonds is 4. The lowest BCUT2D eigenvalue weighted by molar-refractivity contribution is -0.144. The second-order valence-corrected chi connectivity index (χ2v) is 5.79. The average molecular weight is 388 g/mol. The van der Waals surface area contributed by atoms with Crippen molar-refractivity contribution in [2.45, 2.75) is 20.0 Å². The Morgan fingerprint density at radius 3 is 2.04 bits per heavy atom. The molecule has 10 heteroatoms. The van der Waals surface area contributed by atoms with E-state index in [0.29, 0.717) is 13.1 Å². The van der Waals surface area contributed by atoms with Gasteiger partial charge in [-0.05, 0) is 26.0 Å². The quantitative estimate of drug-likeness (QED) is 0.732. The van der Waals surface area contributed by atoms with Crippen LogP contribution in [0.25, 0.3) is 5.69 Å². The van der Waals surface area contributed by atoms with Gasteiger partial charge in [-0.3, -0.25) is 0 Å². The lowest BCUT2D eigenvalue weighted by atomic mass is 10.3. The molecule has 0 aliphatic rings. The summed E-state index contributed by atoms with van der Waals surface area (Å²) in [6.07, 6.45) is -4.68. The van der Waals surface area contributed by atoms with E-state index in [1.807, 2.05) is 0 Å². The molecule has 23 heavy (non-hydrogen) atoms. The Morgan fingerprint density at radius 2 is 1.61 bits per heavy atom. The minimum Gasteiger partial charge on any atom is -0.341 e. The van der Waals surface area contributed by atoms with Crippen LogP contribution in [-0.2, 0) is 6.18 Å². The number of hydrogen-bond acceptors (Lipinski definition) is 3. The van der Waals surface area contributed by atoms with E-state index in [1.54, 1.807) is 18.7 Å². The van der Waals surface area contributed by atoms with Crippen LogP contribution in [0.1, 0.15) is 19.7 Å². The molecule has 0 bridgehead atoms. The van der Waals surface area contributed by atoms with E-state index in [1.165, 1.54) is 12.1 Å². The molecule has 1 aromatic heterocycles. The first-order chi connectivity index (χ1) is 10.7. The average Bonchev–Trinajstić information content (AvgIpc) is 2.84. The van der Waals surface area contributed by atoms with Crippen LogP contribution in [0.4, 0.5) is 19.1 Å². The first kappa shape index (κ1) is 18.2. The van der Waals surface area contributed by atoms with Crippen molar-refractivity contribution in [3.05, 3.63) is 33.0 Å². The fourth-order valence-corrected chi connectivity index (χ4v) is 3.00. The molecule has 0 atom stereocenters. The van der Waals surface area contributed by atoms with Gasteiger partial charge in [0.2, 0.25) is 5.95 Å². The van der Waals surface area contributed by atoms with Gasteiger partial charge in [0.05, 0.1) is 10.0 Å². The summed E-state index contributed by atoms with van der Waals surface area (Å²) in [5.74, 6) is -1.25. The fraction of sp³-hybridized carbons (Fsp3) is 0.385. The van der Waals surface area contributed by atoms with Gasteiger partial charge in [-0.25, -0.2) is 0 Å². The number of alkyl halides is 3. The molecule has 2 rings (SSSR count). The van der Waals surface area contributed by atoms with Crippen molar-refractivity contribution in [2.24, 2.45) is 0 Å². The van der Waals surface area contributed by atoms with Crippen LogP contribution in [0.2, 0.25) is 15.1 Å². The Kier molecular flexibility index (Phi) is 5.33. The maximum Gasteiger partial charge on any atom is 0.453 e. The van der Waals surface area contributed by atoms with Crippen molar-refractivity contribution in [1.82, 2.24) is 14.8 Å². The Bertz CT molecular complexity index is 688. The molecule has 0 aliphatic carbocycles. The Hall–Kier alpha value is -1.18. The van der Waals surface area contributed by atoms with E-state index < -0.39 is 12.0 Å². The van der Waals surface area contributed by atoms with Crippen molar-refractivity contribution < 1.29 is 13.2 Å². The van der Waals surface area contributed by atoms with Crippen LogP contribution in [0, 0.1) is 0 Å². The van der Waals surface area contributed by atoms with E-state index in [-0.39, 0.29) is 26.7 Å². The predicted molar refractivity (Wildman–Crippen MR) is 85.0 cm³/mol. The van der Waals surface area contributed by atoms with E-state index in [9.17, 15) is 13.2 Å². The molecule has 0 unspecified atom stereocenters. The molecular weight excluding hydrogens is 376 g/mol. The monoisotopic (exact) mass is 386 g/mol. The number of hydrogen-bond donors (Lipinski definition) is 0. The number of nitrogens with zero attached hydrogens (tertiary/aromatic N) is 4. The Balaban J connectivity index is 2.73. The van der Waals surface area contributed by atoms with E-state index in [4.69, 9.17) is 34.8 Å². The standard InChI is InChI=1S/C13H12Cl3F3N4/c1-3-22(4-2)12-20-11(13(17,18)19)21-23(12)10-8(15)5-7(14)6-9(10)16/h5-6H,3-4H2,1-2H3. The summed E-state index contributed by atoms with van der Waals surface area (Å²) in [6.45, 7) is 4.46. The van der Waals surface area contributed by atoms with Crippen LogP contribution >= 0.6 is 34.8 Å². The molecule has 0 fully saturated rings. The van der Waals surface area contributed by atoms with Crippen LogP contribution in [0.3, 0.4) is 0 Å². The number of aromatic nitrogens is 3. The minimum absolute atomic E-state index is 0.00782. The molecule has 126 valence electrons. The highest BCUT2D eigenvalue weighted by atomic mass is 35.5. The molecule has 0 radical (unpaired) electrons. The summed E-state index contributed by atoms with van der Waals surface area (Å²) in [6, 6.07) is 2.76. The van der Waals surface area contributed by atoms with E-state index >= 15 is 0 Å². The zero-order valence-electron chi connectivity index (χ0n) is 12.1. The Morgan fingerprint density at radius 1 is 1.09 bits per heavy atom. The summed E-state index contributed by atoms with van der Waals surface area (Å²) < 4.78 is 40.0. The van der Waals surface area contributed by atoms with E-state index in [0.717, 1.165) is 4.68 Å². The first-order valence-electron chi connectivity index (χ1n) is 6.63. The van der Waals surface area contributed by atoms with Crippen LogP contribution in [0.15, 0.2) is 12.1 Å². The summed E-state index contributed by atoms with van der Waals surface area (Å²) in [7, 11) is 0. The zero-order chi connectivity index (χ0) is 17.4. The van der Waals surface area contributed by atoms with Gasteiger partial charge < -0.3 is 4.90 Å². The maximum absolute atomic E-state index is 13.0. The smallest absolute Gasteiger partial charge is 0.341 e. The summed E-state index contributed by atoms with van der Waals surface area (Å²) >= 11 is 18.0. The van der Waals surface area contributed by atoms with Crippen LogP contribution in [-0.4, -0.2) is 27.9 Å². The lowest BCUT2D eigenvalue weighted by Gasteiger charge is -2.20. The van der Waals surface area contributed by atoms with Crippen molar-refractivity contribution in [1.29, 1.82) is 0 Å². The third-order valence-corrected chi connectivity index (χ3v) is 3.88. The normalized spacial score (nSPS) is 11.8. The summed E-state index contributed by atoms with van der Waals surface area (Å²) in [5, 5.41) is 3.97. The van der Waals surface area contributed by atoms with Gasteiger partial charge in [0, 0.05) is 18.1 Å². The van der Waals surface area contributed by atoms with Crippen LogP contribution in [0.5, 0.6) is 0 Å². The highest BCUT2D eigenvalue weighted by molar-refractivity contribution is 6.40. The van der Waals surface area contributed by atoms with Gasteiger partial charge in [0.15, 0.2) is 0 Å². The fourth-order valence-electron chi connectivity index (χ4n) is 2.02. The van der Waals surface area contributed by atoms with Crippen molar-refractivity contribution >= 4 is 40.8 Å². The van der Waals surface area contributed by atoms with Crippen molar-refractivity contribution in [3.8, 4) is 5.69 Å². The molecule has 0 aliphatic heterocycles. The molecule has 0 amide bonds. The molecule has 1 aromatic carbocycles. The highest BCUT2D eigenvalue weighted by Crippen LogP contribution is 2.36. The molecule has 0 N–H and O–H groups in total. The van der Waals surface area contributed by atoms with Gasteiger partial charge in [0.1, 0.15) is 5.69 Å². The zero-order valence-corrected chi connectivity index (χ0v) is 14.4. The molecular formula is C13H12Cl3F3N4. The molecule has 1 heterocycles. The number of anilines is 1.